The van der Waals surface area contributed by atoms with Crippen molar-refractivity contribution >= 4 is 0 Å². The monoisotopic (exact) mass is 240 g/mol. The molecule has 0 spiro atoms. The molecule has 1 heterocycles. The summed E-state index contributed by atoms with van der Waals surface area (Å²) in [5.41, 5.74) is 1.28. The maximum Gasteiger partial charge on any atom is 0.250 e. The number of nitrogens with zero attached hydrogens (tertiary/aromatic N) is 2. The number of nitriles is 1. The van der Waals surface area contributed by atoms with E-state index in [4.69, 9.17) is 10.00 Å². The van der Waals surface area contributed by atoms with Crippen molar-refractivity contribution in [3.05, 3.63) is 64.1 Å². The van der Waals surface area contributed by atoms with Gasteiger partial charge in [0, 0.05) is 17.8 Å². The first kappa shape index (κ1) is 11.9. The molecule has 1 aromatic heterocycles. The van der Waals surface area contributed by atoms with Gasteiger partial charge in [-0.3, -0.25) is 4.79 Å². The summed E-state index contributed by atoms with van der Waals surface area (Å²) >= 11 is 0. The Bertz CT molecular complexity index is 653. The van der Waals surface area contributed by atoms with Crippen molar-refractivity contribution < 1.29 is 4.74 Å². The first-order valence-corrected chi connectivity index (χ1v) is 5.47. The van der Waals surface area contributed by atoms with Crippen molar-refractivity contribution in [2.45, 2.75) is 6.54 Å². The zero-order valence-corrected chi connectivity index (χ0v) is 9.96. The predicted molar refractivity (Wildman–Crippen MR) is 67.5 cm³/mol. The molecule has 0 N–H and O–H groups in total. The lowest BCUT2D eigenvalue weighted by atomic mass is 10.1. The van der Waals surface area contributed by atoms with Crippen LogP contribution in [0.2, 0.25) is 0 Å². The Kier molecular flexibility index (Phi) is 3.44. The SMILES string of the molecule is COc1ccc(C#N)cc1Cn1ccccc1=O. The van der Waals surface area contributed by atoms with E-state index in [-0.39, 0.29) is 5.56 Å². The third-order valence-electron chi connectivity index (χ3n) is 2.65. The van der Waals surface area contributed by atoms with Crippen LogP contribution in [0.1, 0.15) is 11.1 Å². The highest BCUT2D eigenvalue weighted by Crippen LogP contribution is 2.20. The second-order valence-electron chi connectivity index (χ2n) is 3.81. The molecule has 18 heavy (non-hydrogen) atoms. The molecular weight excluding hydrogens is 228 g/mol. The van der Waals surface area contributed by atoms with E-state index in [1.165, 1.54) is 6.07 Å². The summed E-state index contributed by atoms with van der Waals surface area (Å²) in [4.78, 5) is 11.6. The summed E-state index contributed by atoms with van der Waals surface area (Å²) in [7, 11) is 1.57. The smallest absolute Gasteiger partial charge is 0.250 e. The minimum atomic E-state index is -0.0816. The number of methoxy groups -OCH3 is 1. The minimum Gasteiger partial charge on any atom is -0.496 e. The topological polar surface area (TPSA) is 55.0 Å². The molecule has 0 saturated heterocycles. The summed E-state index contributed by atoms with van der Waals surface area (Å²) in [6.45, 7) is 0.387. The third-order valence-corrected chi connectivity index (χ3v) is 2.65. The van der Waals surface area contributed by atoms with Gasteiger partial charge in [-0.25, -0.2) is 0 Å². The van der Waals surface area contributed by atoms with Crippen LogP contribution < -0.4 is 10.3 Å². The number of benzene rings is 1. The van der Waals surface area contributed by atoms with E-state index in [1.54, 1.807) is 48.2 Å². The molecule has 4 nitrogen and oxygen atoms in total. The van der Waals surface area contributed by atoms with Crippen molar-refractivity contribution in [1.29, 1.82) is 5.26 Å². The third kappa shape index (κ3) is 2.41. The molecule has 0 saturated carbocycles. The number of hydrogen-bond acceptors (Lipinski definition) is 3. The Morgan fingerprint density at radius 3 is 2.83 bits per heavy atom. The molecule has 4 heteroatoms. The summed E-state index contributed by atoms with van der Waals surface area (Å²) in [6, 6.07) is 12.2. The number of aromatic nitrogens is 1. The largest absolute Gasteiger partial charge is 0.496 e. The maximum absolute atomic E-state index is 11.6. The molecule has 2 aromatic rings. The van der Waals surface area contributed by atoms with Gasteiger partial charge >= 0.3 is 0 Å². The predicted octanol–water partition coefficient (Wildman–Crippen LogP) is 1.78. The van der Waals surface area contributed by atoms with E-state index in [0.717, 1.165) is 5.56 Å². The van der Waals surface area contributed by atoms with Crippen molar-refractivity contribution in [1.82, 2.24) is 4.57 Å². The molecule has 0 aliphatic rings. The van der Waals surface area contributed by atoms with Gasteiger partial charge < -0.3 is 9.30 Å². The normalized spacial score (nSPS) is 9.78. The van der Waals surface area contributed by atoms with Gasteiger partial charge in [0.15, 0.2) is 0 Å². The Morgan fingerprint density at radius 2 is 2.17 bits per heavy atom. The molecule has 0 fully saturated rings. The van der Waals surface area contributed by atoms with Gasteiger partial charge in [0.05, 0.1) is 25.3 Å². The van der Waals surface area contributed by atoms with Crippen LogP contribution >= 0.6 is 0 Å². The molecule has 0 amide bonds. The Balaban J connectivity index is 2.42. The molecule has 2 rings (SSSR count). The van der Waals surface area contributed by atoms with E-state index in [2.05, 4.69) is 6.07 Å². The van der Waals surface area contributed by atoms with Crippen LogP contribution in [0.3, 0.4) is 0 Å². The molecule has 0 aliphatic carbocycles. The first-order valence-electron chi connectivity index (χ1n) is 5.47. The lowest BCUT2D eigenvalue weighted by molar-refractivity contribution is 0.408. The van der Waals surface area contributed by atoms with E-state index in [0.29, 0.717) is 17.9 Å². The van der Waals surface area contributed by atoms with Gasteiger partial charge in [-0.1, -0.05) is 6.07 Å². The minimum absolute atomic E-state index is 0.0816. The molecule has 0 bridgehead atoms. The zero-order valence-electron chi connectivity index (χ0n) is 9.96. The molecule has 0 unspecified atom stereocenters. The molecule has 0 radical (unpaired) electrons. The van der Waals surface area contributed by atoms with E-state index < -0.39 is 0 Å². The van der Waals surface area contributed by atoms with Crippen molar-refractivity contribution in [2.75, 3.05) is 7.11 Å². The van der Waals surface area contributed by atoms with Crippen LogP contribution in [-0.4, -0.2) is 11.7 Å². The average molecular weight is 240 g/mol. The number of hydrogen-bond donors (Lipinski definition) is 0. The van der Waals surface area contributed by atoms with Crippen LogP contribution in [0.25, 0.3) is 0 Å². The van der Waals surface area contributed by atoms with E-state index in [1.807, 2.05) is 0 Å². The highest BCUT2D eigenvalue weighted by atomic mass is 16.5. The van der Waals surface area contributed by atoms with Gasteiger partial charge in [0.25, 0.3) is 5.56 Å². The summed E-state index contributed by atoms with van der Waals surface area (Å²) in [5.74, 6) is 0.671. The van der Waals surface area contributed by atoms with Crippen LogP contribution in [-0.2, 0) is 6.54 Å². The number of pyridine rings is 1. The van der Waals surface area contributed by atoms with Crippen molar-refractivity contribution in [2.24, 2.45) is 0 Å². The fraction of sp³-hybridized carbons (Fsp3) is 0.143. The van der Waals surface area contributed by atoms with Gasteiger partial charge in [-0.2, -0.15) is 5.26 Å². The molecule has 1 aromatic carbocycles. The lowest BCUT2D eigenvalue weighted by Gasteiger charge is -2.10. The second kappa shape index (κ2) is 5.19. The molecule has 90 valence electrons. The zero-order chi connectivity index (χ0) is 13.0. The Labute approximate surface area is 105 Å². The van der Waals surface area contributed by atoms with Crippen molar-refractivity contribution in [3.8, 4) is 11.8 Å². The standard InChI is InChI=1S/C14H12N2O2/c1-18-13-6-5-11(9-15)8-12(13)10-16-7-3-2-4-14(16)17/h2-8H,10H2,1H3. The van der Waals surface area contributed by atoms with Crippen molar-refractivity contribution in [3.63, 3.8) is 0 Å². The fourth-order valence-electron chi connectivity index (χ4n) is 1.75. The van der Waals surface area contributed by atoms with Crippen LogP contribution in [0.15, 0.2) is 47.4 Å². The summed E-state index contributed by atoms with van der Waals surface area (Å²) in [5, 5.41) is 8.89. The quantitative estimate of drug-likeness (QED) is 0.821. The second-order valence-corrected chi connectivity index (χ2v) is 3.81. The summed E-state index contributed by atoms with van der Waals surface area (Å²) < 4.78 is 6.80. The van der Waals surface area contributed by atoms with Gasteiger partial charge in [0.2, 0.25) is 0 Å². The fourth-order valence-corrected chi connectivity index (χ4v) is 1.75. The highest BCUT2D eigenvalue weighted by molar-refractivity contribution is 5.42. The highest BCUT2D eigenvalue weighted by Gasteiger charge is 2.06. The molecule has 0 atom stereocenters. The Morgan fingerprint density at radius 1 is 1.33 bits per heavy atom. The van der Waals surface area contributed by atoms with Crippen LogP contribution in [0, 0.1) is 11.3 Å². The summed E-state index contributed by atoms with van der Waals surface area (Å²) in [6.07, 6.45) is 1.71. The number of rotatable bonds is 3. The van der Waals surface area contributed by atoms with E-state index in [9.17, 15) is 4.79 Å². The molecule has 0 aliphatic heterocycles. The van der Waals surface area contributed by atoms with Crippen LogP contribution in [0.4, 0.5) is 0 Å². The maximum atomic E-state index is 11.6. The lowest BCUT2D eigenvalue weighted by Crippen LogP contribution is -2.18. The number of ether oxygens (including phenoxy) is 1. The average Bonchev–Trinajstić information content (AvgIpc) is 2.41. The van der Waals surface area contributed by atoms with Crippen LogP contribution in [0.5, 0.6) is 5.75 Å². The van der Waals surface area contributed by atoms with Gasteiger partial charge in [-0.15, -0.1) is 0 Å². The molecular formula is C14H12N2O2. The Hall–Kier alpha value is -2.54. The first-order chi connectivity index (χ1) is 8.74. The van der Waals surface area contributed by atoms with Gasteiger partial charge in [-0.05, 0) is 24.3 Å². The van der Waals surface area contributed by atoms with E-state index >= 15 is 0 Å². The van der Waals surface area contributed by atoms with Gasteiger partial charge in [0.1, 0.15) is 5.75 Å².